The highest BCUT2D eigenvalue weighted by Gasteiger charge is 2.22. The molecule has 0 atom stereocenters. The summed E-state index contributed by atoms with van der Waals surface area (Å²) in [6.45, 7) is 7.81. The van der Waals surface area contributed by atoms with Crippen LogP contribution in [0.4, 0.5) is 10.1 Å². The van der Waals surface area contributed by atoms with Crippen LogP contribution in [0.15, 0.2) is 42.5 Å². The third-order valence-corrected chi connectivity index (χ3v) is 5.86. The first-order valence-corrected chi connectivity index (χ1v) is 10.6. The van der Waals surface area contributed by atoms with Gasteiger partial charge in [0.05, 0.1) is 13.1 Å². The number of aryl methyl sites for hydroxylation is 1. The summed E-state index contributed by atoms with van der Waals surface area (Å²) in [6.07, 6.45) is 0. The molecule has 0 unspecified atom stereocenters. The number of benzene rings is 2. The molecule has 1 saturated heterocycles. The molecule has 1 N–H and O–H groups in total. The van der Waals surface area contributed by atoms with Gasteiger partial charge >= 0.3 is 0 Å². The van der Waals surface area contributed by atoms with E-state index >= 15 is 0 Å². The lowest BCUT2D eigenvalue weighted by molar-refractivity contribution is -0.132. The second kappa shape index (κ2) is 10.5. The molecule has 7 heteroatoms. The zero-order chi connectivity index (χ0) is 22.4. The normalized spacial score (nSPS) is 15.0. The fourth-order valence-corrected chi connectivity index (χ4v) is 3.67. The van der Waals surface area contributed by atoms with Gasteiger partial charge < -0.3 is 10.2 Å². The number of hydrogen-bond acceptors (Lipinski definition) is 4. The first-order chi connectivity index (χ1) is 14.8. The summed E-state index contributed by atoms with van der Waals surface area (Å²) in [6, 6.07) is 12.4. The number of carbonyl (C=O) groups excluding carboxylic acids is 2. The molecule has 2 amide bonds. The molecule has 2 aromatic carbocycles. The van der Waals surface area contributed by atoms with Gasteiger partial charge in [0.15, 0.2) is 0 Å². The van der Waals surface area contributed by atoms with Gasteiger partial charge in [-0.1, -0.05) is 30.3 Å². The van der Waals surface area contributed by atoms with Crippen molar-refractivity contribution in [3.63, 3.8) is 0 Å². The molecule has 3 rings (SSSR count). The number of halogens is 1. The summed E-state index contributed by atoms with van der Waals surface area (Å²) in [5.41, 5.74) is 3.60. The number of nitrogens with zero attached hydrogens (tertiary/aromatic N) is 3. The lowest BCUT2D eigenvalue weighted by Gasteiger charge is -2.34. The molecule has 0 radical (unpaired) electrons. The van der Waals surface area contributed by atoms with E-state index in [9.17, 15) is 14.0 Å². The van der Waals surface area contributed by atoms with Crippen LogP contribution in [0.25, 0.3) is 0 Å². The SMILES string of the molecule is Cc1cccc(NC(=O)CN2CCN(CC(=O)N(C)Cc3ccccc3F)CC2)c1C. The van der Waals surface area contributed by atoms with Crippen LogP contribution in [0.3, 0.4) is 0 Å². The summed E-state index contributed by atoms with van der Waals surface area (Å²) in [7, 11) is 1.70. The van der Waals surface area contributed by atoms with E-state index in [2.05, 4.69) is 15.1 Å². The van der Waals surface area contributed by atoms with Crippen molar-refractivity contribution in [2.75, 3.05) is 51.6 Å². The van der Waals surface area contributed by atoms with Crippen molar-refractivity contribution in [1.29, 1.82) is 0 Å². The highest BCUT2D eigenvalue weighted by atomic mass is 19.1. The molecule has 0 saturated carbocycles. The molecule has 0 aromatic heterocycles. The number of hydrogen-bond donors (Lipinski definition) is 1. The van der Waals surface area contributed by atoms with E-state index in [4.69, 9.17) is 0 Å². The summed E-state index contributed by atoms with van der Waals surface area (Å²) in [5.74, 6) is -0.359. The number of amides is 2. The summed E-state index contributed by atoms with van der Waals surface area (Å²) in [5, 5.41) is 3.00. The fourth-order valence-electron chi connectivity index (χ4n) is 3.67. The van der Waals surface area contributed by atoms with Crippen molar-refractivity contribution in [3.05, 3.63) is 65.0 Å². The first kappa shape index (κ1) is 22.9. The molecule has 1 aliphatic rings. The lowest BCUT2D eigenvalue weighted by Crippen LogP contribution is -2.51. The number of piperazine rings is 1. The Morgan fingerprint density at radius 1 is 0.968 bits per heavy atom. The van der Waals surface area contributed by atoms with Crippen molar-refractivity contribution < 1.29 is 14.0 Å². The van der Waals surface area contributed by atoms with Gasteiger partial charge in [-0.05, 0) is 37.1 Å². The molecule has 1 aliphatic heterocycles. The maximum atomic E-state index is 13.8. The van der Waals surface area contributed by atoms with Crippen LogP contribution in [0.5, 0.6) is 0 Å². The van der Waals surface area contributed by atoms with Crippen LogP contribution in [0.2, 0.25) is 0 Å². The molecule has 0 spiro atoms. The van der Waals surface area contributed by atoms with E-state index in [0.717, 1.165) is 43.0 Å². The second-order valence-electron chi connectivity index (χ2n) is 8.19. The largest absolute Gasteiger partial charge is 0.340 e. The van der Waals surface area contributed by atoms with Crippen molar-refractivity contribution >= 4 is 17.5 Å². The average molecular weight is 427 g/mol. The molecular formula is C24H31FN4O2. The minimum absolute atomic E-state index is 0.0251. The van der Waals surface area contributed by atoms with Gasteiger partial charge in [0.25, 0.3) is 0 Å². The number of anilines is 1. The Labute approximate surface area is 183 Å². The second-order valence-corrected chi connectivity index (χ2v) is 8.19. The molecule has 6 nitrogen and oxygen atoms in total. The Hall–Kier alpha value is -2.77. The van der Waals surface area contributed by atoms with Crippen LogP contribution in [-0.2, 0) is 16.1 Å². The van der Waals surface area contributed by atoms with Gasteiger partial charge in [0.2, 0.25) is 11.8 Å². The van der Waals surface area contributed by atoms with E-state index in [0.29, 0.717) is 18.7 Å². The van der Waals surface area contributed by atoms with E-state index < -0.39 is 0 Å². The number of likely N-dealkylation sites (N-methyl/N-ethyl adjacent to an activating group) is 1. The molecule has 31 heavy (non-hydrogen) atoms. The van der Waals surface area contributed by atoms with Gasteiger partial charge in [0, 0.05) is 51.0 Å². The summed E-state index contributed by atoms with van der Waals surface area (Å²) >= 11 is 0. The minimum atomic E-state index is -0.296. The van der Waals surface area contributed by atoms with Gasteiger partial charge in [-0.3, -0.25) is 19.4 Å². The smallest absolute Gasteiger partial charge is 0.238 e. The first-order valence-electron chi connectivity index (χ1n) is 10.6. The molecule has 1 heterocycles. The monoisotopic (exact) mass is 426 g/mol. The Morgan fingerprint density at radius 3 is 2.29 bits per heavy atom. The summed E-state index contributed by atoms with van der Waals surface area (Å²) in [4.78, 5) is 30.7. The van der Waals surface area contributed by atoms with Gasteiger partial charge in [-0.15, -0.1) is 0 Å². The van der Waals surface area contributed by atoms with Crippen molar-refractivity contribution in [3.8, 4) is 0 Å². The summed E-state index contributed by atoms with van der Waals surface area (Å²) < 4.78 is 13.8. The quantitative estimate of drug-likeness (QED) is 0.740. The molecule has 1 fully saturated rings. The van der Waals surface area contributed by atoms with Gasteiger partial charge in [0.1, 0.15) is 5.82 Å². The maximum absolute atomic E-state index is 13.8. The molecule has 0 aliphatic carbocycles. The van der Waals surface area contributed by atoms with Crippen LogP contribution in [0.1, 0.15) is 16.7 Å². The third-order valence-electron chi connectivity index (χ3n) is 5.86. The highest BCUT2D eigenvalue weighted by molar-refractivity contribution is 5.93. The topological polar surface area (TPSA) is 55.9 Å². The Balaban J connectivity index is 1.42. The third kappa shape index (κ3) is 6.35. The van der Waals surface area contributed by atoms with Crippen molar-refractivity contribution in [1.82, 2.24) is 14.7 Å². The molecule has 0 bridgehead atoms. The average Bonchev–Trinajstić information content (AvgIpc) is 2.74. The lowest BCUT2D eigenvalue weighted by atomic mass is 10.1. The van der Waals surface area contributed by atoms with Gasteiger partial charge in [-0.25, -0.2) is 4.39 Å². The number of carbonyl (C=O) groups is 2. The predicted octanol–water partition coefficient (Wildman–Crippen LogP) is 2.66. The maximum Gasteiger partial charge on any atom is 0.238 e. The standard InChI is InChI=1S/C24H31FN4O2/c1-18-7-6-10-22(19(18)2)26-23(30)16-28-11-13-29(14-12-28)17-24(31)27(3)15-20-8-4-5-9-21(20)25/h4-10H,11-17H2,1-3H3,(H,26,30). The van der Waals surface area contributed by atoms with Crippen LogP contribution >= 0.6 is 0 Å². The zero-order valence-corrected chi connectivity index (χ0v) is 18.5. The van der Waals surface area contributed by atoms with E-state index in [1.807, 2.05) is 32.0 Å². The number of rotatable bonds is 7. The number of nitrogens with one attached hydrogen (secondary N) is 1. The Morgan fingerprint density at radius 2 is 1.61 bits per heavy atom. The van der Waals surface area contributed by atoms with E-state index in [-0.39, 0.29) is 24.2 Å². The van der Waals surface area contributed by atoms with E-state index in [1.165, 1.54) is 6.07 Å². The van der Waals surface area contributed by atoms with Gasteiger partial charge in [-0.2, -0.15) is 0 Å². The van der Waals surface area contributed by atoms with E-state index in [1.54, 1.807) is 30.1 Å². The molecule has 2 aromatic rings. The predicted molar refractivity (Wildman–Crippen MR) is 120 cm³/mol. The fraction of sp³-hybridized carbons (Fsp3) is 0.417. The van der Waals surface area contributed by atoms with Crippen molar-refractivity contribution in [2.24, 2.45) is 0 Å². The van der Waals surface area contributed by atoms with Crippen molar-refractivity contribution in [2.45, 2.75) is 20.4 Å². The van der Waals surface area contributed by atoms with Crippen LogP contribution in [-0.4, -0.2) is 72.8 Å². The zero-order valence-electron chi connectivity index (χ0n) is 18.5. The minimum Gasteiger partial charge on any atom is -0.340 e. The highest BCUT2D eigenvalue weighted by Crippen LogP contribution is 2.18. The Bertz CT molecular complexity index is 926. The molecular weight excluding hydrogens is 395 g/mol. The van der Waals surface area contributed by atoms with Crippen LogP contribution < -0.4 is 5.32 Å². The Kier molecular flexibility index (Phi) is 7.76. The molecule has 166 valence electrons. The van der Waals surface area contributed by atoms with Crippen LogP contribution in [0, 0.1) is 19.7 Å².